The lowest BCUT2D eigenvalue weighted by Crippen LogP contribution is -2.54. The summed E-state index contributed by atoms with van der Waals surface area (Å²) in [6.07, 6.45) is 8.52. The summed E-state index contributed by atoms with van der Waals surface area (Å²) < 4.78 is 24.5. The Hall–Kier alpha value is -1.15. The molecule has 5 fully saturated rings. The maximum Gasteiger partial charge on any atom is 0.226 e. The zero-order valence-electron chi connectivity index (χ0n) is 16.2. The molecule has 0 aromatic rings. The number of rotatable bonds is 5. The van der Waals surface area contributed by atoms with Gasteiger partial charge in [-0.15, -0.1) is 0 Å². The number of amides is 2. The van der Waals surface area contributed by atoms with Crippen LogP contribution < -0.4 is 5.32 Å². The quantitative estimate of drug-likeness (QED) is 0.744. The fourth-order valence-electron chi connectivity index (χ4n) is 6.29. The first-order valence-electron chi connectivity index (χ1n) is 10.3. The Bertz CT molecular complexity index is 677. The number of nitrogens with one attached hydrogen (secondary N) is 1. The first-order chi connectivity index (χ1) is 12.7. The van der Waals surface area contributed by atoms with Crippen LogP contribution in [0.1, 0.15) is 44.9 Å². The summed E-state index contributed by atoms with van der Waals surface area (Å²) in [7, 11) is -3.19. The molecule has 1 heterocycles. The van der Waals surface area contributed by atoms with E-state index in [4.69, 9.17) is 0 Å². The van der Waals surface area contributed by atoms with Crippen LogP contribution in [0.5, 0.6) is 0 Å². The first kappa shape index (κ1) is 19.2. The number of carbonyl (C=O) groups is 2. The average Bonchev–Trinajstić information content (AvgIpc) is 2.59. The van der Waals surface area contributed by atoms with E-state index in [1.165, 1.54) is 29.8 Å². The van der Waals surface area contributed by atoms with Crippen LogP contribution >= 0.6 is 0 Å². The Morgan fingerprint density at radius 1 is 0.963 bits per heavy atom. The minimum Gasteiger partial charge on any atom is -0.355 e. The van der Waals surface area contributed by atoms with Crippen molar-refractivity contribution in [2.75, 3.05) is 39.0 Å². The molecule has 5 rings (SSSR count). The Balaban J connectivity index is 1.23. The van der Waals surface area contributed by atoms with Gasteiger partial charge in [0.05, 0.1) is 6.26 Å². The molecule has 0 aromatic carbocycles. The van der Waals surface area contributed by atoms with E-state index in [1.807, 2.05) is 0 Å². The molecule has 4 bridgehead atoms. The molecule has 152 valence electrons. The van der Waals surface area contributed by atoms with Crippen LogP contribution in [0.4, 0.5) is 0 Å². The van der Waals surface area contributed by atoms with Gasteiger partial charge < -0.3 is 10.2 Å². The third-order valence-electron chi connectivity index (χ3n) is 7.20. The van der Waals surface area contributed by atoms with E-state index in [-0.39, 0.29) is 23.7 Å². The minimum atomic E-state index is -3.19. The van der Waals surface area contributed by atoms with E-state index in [9.17, 15) is 18.0 Å². The van der Waals surface area contributed by atoms with Crippen molar-refractivity contribution < 1.29 is 18.0 Å². The van der Waals surface area contributed by atoms with E-state index in [0.717, 1.165) is 37.0 Å². The van der Waals surface area contributed by atoms with Crippen LogP contribution in [-0.4, -0.2) is 68.4 Å². The van der Waals surface area contributed by atoms with Gasteiger partial charge in [-0.2, -0.15) is 4.31 Å². The molecular weight excluding hydrogens is 366 g/mol. The van der Waals surface area contributed by atoms with Crippen LogP contribution in [0.25, 0.3) is 0 Å². The third kappa shape index (κ3) is 3.88. The molecule has 2 amide bonds. The van der Waals surface area contributed by atoms with Crippen LogP contribution in [0.3, 0.4) is 0 Å². The summed E-state index contributed by atoms with van der Waals surface area (Å²) in [6.45, 7) is 1.93. The van der Waals surface area contributed by atoms with Gasteiger partial charge in [0.1, 0.15) is 0 Å². The standard InChI is InChI=1S/C19H31N3O4S/c1-27(25,26)22-6-4-21(5-7-22)17(23)2-3-20-18(24)19-11-14-8-15(12-19)10-16(9-14)13-19/h14-16H,2-13H2,1H3,(H,20,24). The van der Waals surface area contributed by atoms with Gasteiger partial charge in [0.25, 0.3) is 0 Å². The highest BCUT2D eigenvalue weighted by Gasteiger charge is 2.54. The Kier molecular flexibility index (Phi) is 4.99. The highest BCUT2D eigenvalue weighted by atomic mass is 32.2. The molecule has 8 heteroatoms. The van der Waals surface area contributed by atoms with E-state index in [0.29, 0.717) is 32.7 Å². The first-order valence-corrected chi connectivity index (χ1v) is 12.1. The van der Waals surface area contributed by atoms with Crippen molar-refractivity contribution in [1.82, 2.24) is 14.5 Å². The van der Waals surface area contributed by atoms with Crippen molar-refractivity contribution >= 4 is 21.8 Å². The molecule has 7 nitrogen and oxygen atoms in total. The van der Waals surface area contributed by atoms with E-state index in [2.05, 4.69) is 5.32 Å². The number of piperazine rings is 1. The van der Waals surface area contributed by atoms with Crippen molar-refractivity contribution in [3.05, 3.63) is 0 Å². The second-order valence-corrected chi connectivity index (χ2v) is 11.2. The maximum absolute atomic E-state index is 12.9. The largest absolute Gasteiger partial charge is 0.355 e. The Morgan fingerprint density at radius 2 is 1.48 bits per heavy atom. The smallest absolute Gasteiger partial charge is 0.226 e. The van der Waals surface area contributed by atoms with Gasteiger partial charge in [-0.25, -0.2) is 8.42 Å². The van der Waals surface area contributed by atoms with Crippen LogP contribution in [0.2, 0.25) is 0 Å². The lowest BCUT2D eigenvalue weighted by Gasteiger charge is -2.55. The van der Waals surface area contributed by atoms with Gasteiger partial charge in [0.15, 0.2) is 0 Å². The minimum absolute atomic E-state index is 0.00559. The highest BCUT2D eigenvalue weighted by Crippen LogP contribution is 2.60. The number of hydrogen-bond donors (Lipinski definition) is 1. The molecule has 1 N–H and O–H groups in total. The number of sulfonamides is 1. The zero-order valence-corrected chi connectivity index (χ0v) is 17.0. The van der Waals surface area contributed by atoms with Crippen LogP contribution in [0, 0.1) is 23.2 Å². The number of hydrogen-bond acceptors (Lipinski definition) is 4. The van der Waals surface area contributed by atoms with Crippen LogP contribution in [0.15, 0.2) is 0 Å². The summed E-state index contributed by atoms with van der Waals surface area (Å²) >= 11 is 0. The van der Waals surface area contributed by atoms with Crippen molar-refractivity contribution in [3.63, 3.8) is 0 Å². The lowest BCUT2D eigenvalue weighted by molar-refractivity contribution is -0.146. The van der Waals surface area contributed by atoms with Gasteiger partial charge in [-0.1, -0.05) is 0 Å². The third-order valence-corrected chi connectivity index (χ3v) is 8.51. The van der Waals surface area contributed by atoms with E-state index < -0.39 is 10.0 Å². The molecule has 4 aliphatic carbocycles. The normalized spacial score (nSPS) is 36.0. The van der Waals surface area contributed by atoms with Gasteiger partial charge in [-0.05, 0) is 56.3 Å². The number of carbonyl (C=O) groups excluding carboxylic acids is 2. The summed E-state index contributed by atoms with van der Waals surface area (Å²) in [5.41, 5.74) is -0.168. The maximum atomic E-state index is 12.9. The molecule has 0 atom stereocenters. The van der Waals surface area contributed by atoms with Crippen molar-refractivity contribution in [1.29, 1.82) is 0 Å². The topological polar surface area (TPSA) is 86.8 Å². The second kappa shape index (κ2) is 7.03. The summed E-state index contributed by atoms with van der Waals surface area (Å²) in [5, 5.41) is 3.05. The van der Waals surface area contributed by atoms with Crippen molar-refractivity contribution in [3.8, 4) is 0 Å². The summed E-state index contributed by atoms with van der Waals surface area (Å²) in [5.74, 6) is 2.35. The second-order valence-electron chi connectivity index (χ2n) is 9.25. The van der Waals surface area contributed by atoms with E-state index in [1.54, 1.807) is 4.90 Å². The van der Waals surface area contributed by atoms with Crippen molar-refractivity contribution in [2.24, 2.45) is 23.2 Å². The average molecular weight is 398 g/mol. The summed E-state index contributed by atoms with van der Waals surface area (Å²) in [4.78, 5) is 27.0. The van der Waals surface area contributed by atoms with Gasteiger partial charge in [0, 0.05) is 44.6 Å². The molecule has 4 saturated carbocycles. The van der Waals surface area contributed by atoms with Crippen molar-refractivity contribution in [2.45, 2.75) is 44.9 Å². The van der Waals surface area contributed by atoms with E-state index >= 15 is 0 Å². The SMILES string of the molecule is CS(=O)(=O)N1CCN(C(=O)CCNC(=O)C23CC4CC(CC(C4)C2)C3)CC1. The molecule has 0 aromatic heterocycles. The predicted octanol–water partition coefficient (Wildman–Crippen LogP) is 0.813. The zero-order chi connectivity index (χ0) is 19.2. The molecule has 0 radical (unpaired) electrons. The molecule has 27 heavy (non-hydrogen) atoms. The van der Waals surface area contributed by atoms with Gasteiger partial charge in [-0.3, -0.25) is 9.59 Å². The van der Waals surface area contributed by atoms with Gasteiger partial charge in [0.2, 0.25) is 21.8 Å². The van der Waals surface area contributed by atoms with Gasteiger partial charge >= 0.3 is 0 Å². The highest BCUT2D eigenvalue weighted by molar-refractivity contribution is 7.88. The Labute approximate surface area is 161 Å². The Morgan fingerprint density at radius 3 is 1.96 bits per heavy atom. The fraction of sp³-hybridized carbons (Fsp3) is 0.895. The number of nitrogens with zero attached hydrogens (tertiary/aromatic N) is 2. The molecule has 5 aliphatic rings. The summed E-state index contributed by atoms with van der Waals surface area (Å²) in [6, 6.07) is 0. The predicted molar refractivity (Wildman–Crippen MR) is 101 cm³/mol. The molecule has 1 saturated heterocycles. The molecular formula is C19H31N3O4S. The van der Waals surface area contributed by atoms with Crippen LogP contribution in [-0.2, 0) is 19.6 Å². The molecule has 0 unspecified atom stereocenters. The molecule has 1 aliphatic heterocycles. The monoisotopic (exact) mass is 397 g/mol. The molecule has 0 spiro atoms. The lowest BCUT2D eigenvalue weighted by atomic mass is 9.49. The fourth-order valence-corrected chi connectivity index (χ4v) is 7.11.